The summed E-state index contributed by atoms with van der Waals surface area (Å²) in [6.45, 7) is 0. The van der Waals surface area contributed by atoms with Crippen LogP contribution in [-0.4, -0.2) is 23.6 Å². The van der Waals surface area contributed by atoms with Crippen molar-refractivity contribution in [2.24, 2.45) is 0 Å². The van der Waals surface area contributed by atoms with Gasteiger partial charge >= 0.3 is 191 Å². The zero-order chi connectivity index (χ0) is 18.3. The summed E-state index contributed by atoms with van der Waals surface area (Å²) in [7, 11) is -2.45. The van der Waals surface area contributed by atoms with Crippen molar-refractivity contribution in [3.63, 3.8) is 0 Å². The Morgan fingerprint density at radius 2 is 1.85 bits per heavy atom. The molecule has 2 aromatic carbocycles. The number of nitrogens with zero attached hydrogens (tertiary/aromatic N) is 3. The van der Waals surface area contributed by atoms with Crippen LogP contribution in [-0.2, 0) is 0 Å². The van der Waals surface area contributed by atoms with E-state index in [1.54, 1.807) is 11.8 Å². The van der Waals surface area contributed by atoms with Crippen LogP contribution < -0.4 is 4.57 Å². The van der Waals surface area contributed by atoms with Crippen molar-refractivity contribution in [1.82, 2.24) is 8.80 Å². The molecule has 0 spiro atoms. The maximum absolute atomic E-state index is 5.04. The van der Waals surface area contributed by atoms with Crippen molar-refractivity contribution in [3.05, 3.63) is 68.9 Å². The Morgan fingerprint density at radius 3 is 2.54 bits per heavy atom. The third-order valence-electron chi connectivity index (χ3n) is 3.81. The summed E-state index contributed by atoms with van der Waals surface area (Å²) in [4.78, 5) is 0. The molecule has 0 radical (unpaired) electrons. The molecular formula is C17H12Br4N3SSe+. The van der Waals surface area contributed by atoms with Gasteiger partial charge in [0.25, 0.3) is 0 Å². The van der Waals surface area contributed by atoms with Gasteiger partial charge in [-0.3, -0.25) is 0 Å². The topological polar surface area (TPSA) is 21.7 Å². The van der Waals surface area contributed by atoms with Gasteiger partial charge in [-0.15, -0.1) is 0 Å². The fourth-order valence-electron chi connectivity index (χ4n) is 2.61. The molecule has 26 heavy (non-hydrogen) atoms. The van der Waals surface area contributed by atoms with Gasteiger partial charge < -0.3 is 0 Å². The number of hydrogen-bond acceptors (Lipinski definition) is 2. The quantitative estimate of drug-likeness (QED) is 0.189. The predicted molar refractivity (Wildman–Crippen MR) is 124 cm³/mol. The van der Waals surface area contributed by atoms with Crippen molar-refractivity contribution in [1.29, 1.82) is 0 Å². The summed E-state index contributed by atoms with van der Waals surface area (Å²) in [6.07, 6.45) is 0. The molecule has 0 amide bonds. The average Bonchev–Trinajstić information content (AvgIpc) is 3.03. The van der Waals surface area contributed by atoms with Gasteiger partial charge in [0.2, 0.25) is 0 Å². The third kappa shape index (κ3) is 3.45. The number of aromatic nitrogens is 3. The van der Waals surface area contributed by atoms with Crippen LogP contribution in [0.5, 0.6) is 0 Å². The summed E-state index contributed by atoms with van der Waals surface area (Å²) >= 11 is 16.8. The summed E-state index contributed by atoms with van der Waals surface area (Å²) in [5.41, 5.74) is 2.17. The molecule has 1 aliphatic rings. The van der Waals surface area contributed by atoms with Crippen LogP contribution in [0.2, 0.25) is 0 Å². The predicted octanol–water partition coefficient (Wildman–Crippen LogP) is 6.09. The molecule has 134 valence electrons. The molecule has 9 heteroatoms. The van der Waals surface area contributed by atoms with Crippen molar-refractivity contribution < 1.29 is 4.57 Å². The molecule has 4 rings (SSSR count). The molecule has 0 bridgehead atoms. The van der Waals surface area contributed by atoms with Gasteiger partial charge in [0, 0.05) is 0 Å². The number of rotatable bonds is 3. The van der Waals surface area contributed by atoms with E-state index in [4.69, 9.17) is 5.10 Å². The SMILES string of the molecule is BrCC1=CSc2n(nc(-c3cccc(Br)c3)[n+]2-c2ccccc2)[Se]1(Br)Br. The molecule has 0 saturated heterocycles. The molecular weight excluding hydrogens is 677 g/mol. The number of para-hydroxylation sites is 1. The second-order valence-corrected chi connectivity index (χ2v) is 25.7. The molecule has 1 aromatic heterocycles. The van der Waals surface area contributed by atoms with E-state index in [-0.39, 0.29) is 0 Å². The Bertz CT molecular complexity index is 1000. The van der Waals surface area contributed by atoms with Crippen LogP contribution in [0.25, 0.3) is 17.1 Å². The molecule has 3 aromatic rings. The average molecular weight is 689 g/mol. The molecule has 0 unspecified atom stereocenters. The Labute approximate surface area is 189 Å². The molecule has 0 atom stereocenters. The van der Waals surface area contributed by atoms with Gasteiger partial charge in [-0.05, 0) is 0 Å². The van der Waals surface area contributed by atoms with Gasteiger partial charge in [0.15, 0.2) is 0 Å². The first-order valence-corrected chi connectivity index (χ1v) is 20.0. The molecule has 0 N–H and O–H groups in total. The van der Waals surface area contributed by atoms with E-state index in [0.29, 0.717) is 0 Å². The Kier molecular flexibility index (Phi) is 5.87. The molecule has 3 nitrogen and oxygen atoms in total. The van der Waals surface area contributed by atoms with Crippen LogP contribution >= 0.6 is 71.8 Å². The zero-order valence-electron chi connectivity index (χ0n) is 13.2. The van der Waals surface area contributed by atoms with E-state index in [0.717, 1.165) is 32.0 Å². The molecule has 0 fully saturated rings. The number of fused-ring (bicyclic) bond motifs is 1. The number of allylic oxidation sites excluding steroid dienone is 1. The summed E-state index contributed by atoms with van der Waals surface area (Å²) in [5.74, 6) is 0.921. The van der Waals surface area contributed by atoms with Crippen LogP contribution in [0.4, 0.5) is 0 Å². The first-order valence-electron chi connectivity index (χ1n) is 7.53. The Hall–Kier alpha value is 0.109. The zero-order valence-corrected chi connectivity index (χ0v) is 22.0. The second-order valence-electron chi connectivity index (χ2n) is 5.44. The fourth-order valence-corrected chi connectivity index (χ4v) is 19.4. The fraction of sp³-hybridized carbons (Fsp3) is 0.0588. The molecule has 0 aliphatic carbocycles. The van der Waals surface area contributed by atoms with E-state index in [1.807, 2.05) is 18.2 Å². The first kappa shape index (κ1) is 19.4. The van der Waals surface area contributed by atoms with Crippen LogP contribution in [0.15, 0.2) is 74.1 Å². The van der Waals surface area contributed by atoms with Crippen LogP contribution in [0, 0.1) is 0 Å². The third-order valence-corrected chi connectivity index (χ3v) is 17.8. The summed E-state index contributed by atoms with van der Waals surface area (Å²) in [6, 6.07) is 18.6. The number of alkyl halides is 1. The van der Waals surface area contributed by atoms with Crippen molar-refractivity contribution in [3.8, 4) is 17.1 Å². The maximum atomic E-state index is 5.04. The van der Waals surface area contributed by atoms with Gasteiger partial charge in [-0.2, -0.15) is 0 Å². The minimum atomic E-state index is -2.45. The van der Waals surface area contributed by atoms with Crippen LogP contribution in [0.1, 0.15) is 0 Å². The normalized spacial score (nSPS) is 16.7. The van der Waals surface area contributed by atoms with Crippen molar-refractivity contribution >= 4 is 81.3 Å². The standard InChI is InChI=1S/C17H12Br4N3SSe/c18-10-15-11-25-17-23(14-7-2-1-3-8-14)16(22-24(17)26(15,20)21)12-5-4-6-13(19)9-12/h1-9,11H,10H2/q+1. The first-order chi connectivity index (χ1) is 12.5. The van der Waals surface area contributed by atoms with Crippen molar-refractivity contribution in [2.45, 2.75) is 5.16 Å². The van der Waals surface area contributed by atoms with E-state index in [9.17, 15) is 0 Å². The van der Waals surface area contributed by atoms with Gasteiger partial charge in [0.1, 0.15) is 0 Å². The van der Waals surface area contributed by atoms with Gasteiger partial charge in [-0.1, -0.05) is 0 Å². The Balaban J connectivity index is 2.00. The van der Waals surface area contributed by atoms with E-state index in [1.165, 1.54) is 4.47 Å². The number of thioether (sulfide) groups is 1. The van der Waals surface area contributed by atoms with E-state index < -0.39 is 9.45 Å². The molecule has 1 aliphatic heterocycles. The van der Waals surface area contributed by atoms with Gasteiger partial charge in [0.05, 0.1) is 0 Å². The molecule has 0 saturated carbocycles. The second kappa shape index (κ2) is 7.85. The summed E-state index contributed by atoms with van der Waals surface area (Å²) in [5, 5.41) is 9.16. The molecule has 2 heterocycles. The van der Waals surface area contributed by atoms with E-state index >= 15 is 0 Å². The van der Waals surface area contributed by atoms with Gasteiger partial charge in [-0.25, -0.2) is 0 Å². The summed E-state index contributed by atoms with van der Waals surface area (Å²) < 4.78 is 6.71. The Morgan fingerprint density at radius 1 is 1.08 bits per heavy atom. The van der Waals surface area contributed by atoms with Crippen LogP contribution in [0.3, 0.4) is 0 Å². The number of halogens is 4. The van der Waals surface area contributed by atoms with E-state index in [2.05, 4.69) is 110 Å². The van der Waals surface area contributed by atoms with Crippen molar-refractivity contribution in [2.75, 3.05) is 5.33 Å². The monoisotopic (exact) mass is 686 g/mol. The minimum absolute atomic E-state index is 0.813. The number of hydrogen-bond donors (Lipinski definition) is 0. The number of benzene rings is 2.